The number of hydrogen-bond donors (Lipinski definition) is 1. The first-order valence-electron chi connectivity index (χ1n) is 6.27. The van der Waals surface area contributed by atoms with Crippen LogP contribution in [0.4, 0.5) is 0 Å². The summed E-state index contributed by atoms with van der Waals surface area (Å²) in [6.07, 6.45) is 1.13. The molecule has 1 saturated heterocycles. The van der Waals surface area contributed by atoms with E-state index in [9.17, 15) is 0 Å². The zero-order valence-electron chi connectivity index (χ0n) is 9.97. The Morgan fingerprint density at radius 2 is 1.94 bits per heavy atom. The maximum Gasteiger partial charge on any atom is 0.0240 e. The Morgan fingerprint density at radius 1 is 1.12 bits per heavy atom. The Morgan fingerprint density at radius 3 is 2.76 bits per heavy atom. The van der Waals surface area contributed by atoms with E-state index in [4.69, 9.17) is 5.73 Å². The van der Waals surface area contributed by atoms with Crippen LogP contribution in [-0.2, 0) is 6.54 Å². The molecule has 2 nitrogen and oxygen atoms in total. The van der Waals surface area contributed by atoms with Crippen LogP contribution < -0.4 is 5.73 Å². The second-order valence-corrected chi connectivity index (χ2v) is 4.92. The minimum absolute atomic E-state index is 0.366. The molecular weight excluding hydrogens is 208 g/mol. The van der Waals surface area contributed by atoms with E-state index in [0.29, 0.717) is 6.04 Å². The van der Waals surface area contributed by atoms with E-state index in [2.05, 4.69) is 47.4 Å². The maximum atomic E-state index is 5.95. The highest BCUT2D eigenvalue weighted by Gasteiger charge is 2.19. The summed E-state index contributed by atoms with van der Waals surface area (Å²) in [4.78, 5) is 2.45. The Balaban J connectivity index is 1.90. The molecule has 0 saturated carbocycles. The zero-order chi connectivity index (χ0) is 11.7. The van der Waals surface area contributed by atoms with E-state index in [1.807, 2.05) is 0 Å². The number of rotatable bonds is 2. The van der Waals surface area contributed by atoms with Gasteiger partial charge in [-0.25, -0.2) is 0 Å². The molecule has 0 aliphatic carbocycles. The van der Waals surface area contributed by atoms with Crippen LogP contribution in [-0.4, -0.2) is 24.0 Å². The molecule has 88 valence electrons. The number of fused-ring (bicyclic) bond motifs is 1. The second-order valence-electron chi connectivity index (χ2n) is 4.92. The fraction of sp³-hybridized carbons (Fsp3) is 0.333. The van der Waals surface area contributed by atoms with Gasteiger partial charge in [0.15, 0.2) is 0 Å². The fourth-order valence-corrected chi connectivity index (χ4v) is 2.68. The topological polar surface area (TPSA) is 29.3 Å². The van der Waals surface area contributed by atoms with Crippen molar-refractivity contribution in [2.75, 3.05) is 13.1 Å². The number of hydrogen-bond acceptors (Lipinski definition) is 2. The Kier molecular flexibility index (Phi) is 2.83. The monoisotopic (exact) mass is 226 g/mol. The van der Waals surface area contributed by atoms with Crippen molar-refractivity contribution >= 4 is 10.8 Å². The molecule has 0 aromatic heterocycles. The van der Waals surface area contributed by atoms with Gasteiger partial charge in [-0.15, -0.1) is 0 Å². The number of nitrogens with two attached hydrogens (primary N) is 1. The van der Waals surface area contributed by atoms with Crippen molar-refractivity contribution in [1.82, 2.24) is 4.90 Å². The van der Waals surface area contributed by atoms with Gasteiger partial charge in [0.1, 0.15) is 0 Å². The molecule has 1 unspecified atom stereocenters. The lowest BCUT2D eigenvalue weighted by Crippen LogP contribution is -2.26. The molecule has 1 aliphatic heterocycles. The molecule has 3 rings (SSSR count). The number of nitrogens with zero attached hydrogens (tertiary/aromatic N) is 1. The largest absolute Gasteiger partial charge is 0.326 e. The average molecular weight is 226 g/mol. The van der Waals surface area contributed by atoms with Gasteiger partial charge in [-0.05, 0) is 22.8 Å². The van der Waals surface area contributed by atoms with Crippen LogP contribution in [0, 0.1) is 0 Å². The van der Waals surface area contributed by atoms with Gasteiger partial charge in [-0.2, -0.15) is 0 Å². The maximum absolute atomic E-state index is 5.95. The highest BCUT2D eigenvalue weighted by molar-refractivity contribution is 5.85. The van der Waals surface area contributed by atoms with E-state index < -0.39 is 0 Å². The molecule has 0 radical (unpaired) electrons. The molecule has 1 heterocycles. The average Bonchev–Trinajstić information content (AvgIpc) is 2.75. The van der Waals surface area contributed by atoms with Crippen LogP contribution >= 0.6 is 0 Å². The molecule has 2 N–H and O–H groups in total. The lowest BCUT2D eigenvalue weighted by atomic mass is 10.0. The quantitative estimate of drug-likeness (QED) is 0.852. The van der Waals surface area contributed by atoms with Gasteiger partial charge in [-0.1, -0.05) is 42.5 Å². The first-order valence-corrected chi connectivity index (χ1v) is 6.27. The van der Waals surface area contributed by atoms with Crippen molar-refractivity contribution in [3.63, 3.8) is 0 Å². The SMILES string of the molecule is NC1CCN(Cc2cccc3ccccc23)C1. The van der Waals surface area contributed by atoms with Crippen LogP contribution in [0.2, 0.25) is 0 Å². The third-order valence-corrected chi connectivity index (χ3v) is 3.58. The van der Waals surface area contributed by atoms with Crippen LogP contribution in [0.3, 0.4) is 0 Å². The van der Waals surface area contributed by atoms with Crippen molar-refractivity contribution in [2.45, 2.75) is 19.0 Å². The summed E-state index contributed by atoms with van der Waals surface area (Å²) >= 11 is 0. The summed E-state index contributed by atoms with van der Waals surface area (Å²) in [5, 5.41) is 2.70. The molecule has 2 heteroatoms. The summed E-state index contributed by atoms with van der Waals surface area (Å²) in [5.74, 6) is 0. The van der Waals surface area contributed by atoms with Gasteiger partial charge in [-0.3, -0.25) is 4.90 Å². The third-order valence-electron chi connectivity index (χ3n) is 3.58. The van der Waals surface area contributed by atoms with E-state index in [-0.39, 0.29) is 0 Å². The highest BCUT2D eigenvalue weighted by Crippen LogP contribution is 2.21. The molecule has 0 amide bonds. The standard InChI is InChI=1S/C15H18N2/c16-14-8-9-17(11-14)10-13-6-3-5-12-4-1-2-7-15(12)13/h1-7,14H,8-11,16H2. The Bertz CT molecular complexity index is 516. The van der Waals surface area contributed by atoms with Gasteiger partial charge in [0.2, 0.25) is 0 Å². The molecular formula is C15H18N2. The van der Waals surface area contributed by atoms with Gasteiger partial charge >= 0.3 is 0 Å². The van der Waals surface area contributed by atoms with Gasteiger partial charge in [0.05, 0.1) is 0 Å². The molecule has 0 bridgehead atoms. The minimum Gasteiger partial charge on any atom is -0.326 e. The molecule has 2 aromatic rings. The Hall–Kier alpha value is -1.38. The zero-order valence-corrected chi connectivity index (χ0v) is 9.97. The van der Waals surface area contributed by atoms with Crippen molar-refractivity contribution in [1.29, 1.82) is 0 Å². The van der Waals surface area contributed by atoms with Crippen LogP contribution in [0.1, 0.15) is 12.0 Å². The van der Waals surface area contributed by atoms with E-state index in [1.165, 1.54) is 16.3 Å². The predicted molar refractivity (Wildman–Crippen MR) is 71.8 cm³/mol. The summed E-state index contributed by atoms with van der Waals surface area (Å²) < 4.78 is 0. The molecule has 17 heavy (non-hydrogen) atoms. The molecule has 1 aliphatic rings. The van der Waals surface area contributed by atoms with Crippen LogP contribution in [0.5, 0.6) is 0 Å². The van der Waals surface area contributed by atoms with Gasteiger partial charge in [0, 0.05) is 25.7 Å². The predicted octanol–water partition coefficient (Wildman–Crippen LogP) is 2.37. The molecule has 1 atom stereocenters. The van der Waals surface area contributed by atoms with Gasteiger partial charge in [0.25, 0.3) is 0 Å². The Labute approximate surface area is 102 Å². The summed E-state index contributed by atoms with van der Waals surface area (Å²) in [7, 11) is 0. The lowest BCUT2D eigenvalue weighted by Gasteiger charge is -2.16. The van der Waals surface area contributed by atoms with Crippen molar-refractivity contribution in [3.8, 4) is 0 Å². The van der Waals surface area contributed by atoms with Crippen LogP contribution in [0.15, 0.2) is 42.5 Å². The molecule has 2 aromatic carbocycles. The normalized spacial score (nSPS) is 21.1. The van der Waals surface area contributed by atoms with Crippen LogP contribution in [0.25, 0.3) is 10.8 Å². The van der Waals surface area contributed by atoms with Gasteiger partial charge < -0.3 is 5.73 Å². The molecule has 0 spiro atoms. The smallest absolute Gasteiger partial charge is 0.0240 e. The minimum atomic E-state index is 0.366. The van der Waals surface area contributed by atoms with E-state index >= 15 is 0 Å². The number of benzene rings is 2. The third kappa shape index (κ3) is 2.19. The molecule has 1 fully saturated rings. The fourth-order valence-electron chi connectivity index (χ4n) is 2.68. The first kappa shape index (κ1) is 10.8. The van der Waals surface area contributed by atoms with Crippen molar-refractivity contribution in [3.05, 3.63) is 48.0 Å². The van der Waals surface area contributed by atoms with Crippen molar-refractivity contribution < 1.29 is 0 Å². The summed E-state index contributed by atoms with van der Waals surface area (Å²) in [6, 6.07) is 15.5. The second kappa shape index (κ2) is 4.47. The highest BCUT2D eigenvalue weighted by atomic mass is 15.2. The lowest BCUT2D eigenvalue weighted by molar-refractivity contribution is 0.328. The summed E-state index contributed by atoms with van der Waals surface area (Å²) in [6.45, 7) is 3.18. The number of likely N-dealkylation sites (tertiary alicyclic amines) is 1. The summed E-state index contributed by atoms with van der Waals surface area (Å²) in [5.41, 5.74) is 7.36. The first-order chi connectivity index (χ1) is 8.33. The van der Waals surface area contributed by atoms with Crippen molar-refractivity contribution in [2.24, 2.45) is 5.73 Å². The van der Waals surface area contributed by atoms with E-state index in [1.54, 1.807) is 0 Å². The van der Waals surface area contributed by atoms with E-state index in [0.717, 1.165) is 26.1 Å².